The van der Waals surface area contributed by atoms with Crippen molar-refractivity contribution in [3.05, 3.63) is 0 Å². The molecule has 0 saturated heterocycles. The first-order chi connectivity index (χ1) is 6.66. The fourth-order valence-electron chi connectivity index (χ4n) is 0.882. The lowest BCUT2D eigenvalue weighted by molar-refractivity contribution is -0.143. The van der Waals surface area contributed by atoms with E-state index < -0.39 is 0 Å². The van der Waals surface area contributed by atoms with Crippen molar-refractivity contribution in [2.75, 3.05) is 13.2 Å². The van der Waals surface area contributed by atoms with Crippen LogP contribution < -0.4 is 0 Å². The van der Waals surface area contributed by atoms with E-state index >= 15 is 0 Å². The van der Waals surface area contributed by atoms with Gasteiger partial charge in [0.05, 0.1) is 13.2 Å². The van der Waals surface area contributed by atoms with Gasteiger partial charge in [-0.2, -0.15) is 0 Å². The van der Waals surface area contributed by atoms with Gasteiger partial charge in [0, 0.05) is 13.3 Å². The molecular formula is C10H18O3S. The number of unbranched alkanes of at least 4 members (excludes halogenated alkanes) is 1. The minimum absolute atomic E-state index is 0.112. The van der Waals surface area contributed by atoms with E-state index in [9.17, 15) is 4.79 Å². The summed E-state index contributed by atoms with van der Waals surface area (Å²) in [5, 5.41) is 0.563. The molecule has 0 N–H and O–H groups in total. The van der Waals surface area contributed by atoms with Gasteiger partial charge in [-0.3, -0.25) is 4.79 Å². The largest absolute Gasteiger partial charge is 0.487 e. The molecule has 3 nitrogen and oxygen atoms in total. The van der Waals surface area contributed by atoms with Crippen molar-refractivity contribution in [3.63, 3.8) is 0 Å². The predicted octanol–water partition coefficient (Wildman–Crippen LogP) is 2.47. The van der Waals surface area contributed by atoms with Crippen LogP contribution in [0.1, 0.15) is 39.5 Å². The van der Waals surface area contributed by atoms with E-state index in [1.54, 1.807) is 6.92 Å². The summed E-state index contributed by atoms with van der Waals surface area (Å²) in [5.41, 5.74) is 0. The van der Waals surface area contributed by atoms with Gasteiger partial charge in [0.1, 0.15) is 0 Å². The quantitative estimate of drug-likeness (QED) is 0.373. The van der Waals surface area contributed by atoms with Crippen molar-refractivity contribution in [2.45, 2.75) is 39.5 Å². The Balaban J connectivity index is 3.13. The predicted molar refractivity (Wildman–Crippen MR) is 59.3 cm³/mol. The summed E-state index contributed by atoms with van der Waals surface area (Å²) in [5.74, 6) is -0.112. The molecule has 0 aromatic heterocycles. The lowest BCUT2D eigenvalue weighted by atomic mass is 10.3. The average molecular weight is 218 g/mol. The minimum Gasteiger partial charge on any atom is -0.487 e. The first kappa shape index (κ1) is 13.4. The zero-order valence-electron chi connectivity index (χ0n) is 8.88. The summed E-state index contributed by atoms with van der Waals surface area (Å²) < 4.78 is 10.0. The summed E-state index contributed by atoms with van der Waals surface area (Å²) in [7, 11) is 0. The van der Waals surface area contributed by atoms with Crippen molar-refractivity contribution in [2.24, 2.45) is 0 Å². The summed E-state index contributed by atoms with van der Waals surface area (Å²) in [4.78, 5) is 10.9. The number of hydrogen-bond acceptors (Lipinski definition) is 4. The van der Waals surface area contributed by atoms with E-state index in [1.807, 2.05) is 6.92 Å². The molecule has 0 aliphatic heterocycles. The second-order valence-corrected chi connectivity index (χ2v) is 3.59. The van der Waals surface area contributed by atoms with Crippen LogP contribution in [0.25, 0.3) is 0 Å². The van der Waals surface area contributed by atoms with Gasteiger partial charge in [0.25, 0.3) is 0 Å². The molecule has 0 spiro atoms. The molecule has 0 aromatic rings. The molecule has 0 atom stereocenters. The molecule has 14 heavy (non-hydrogen) atoms. The van der Waals surface area contributed by atoms with E-state index in [-0.39, 0.29) is 5.97 Å². The van der Waals surface area contributed by atoms with E-state index in [0.717, 1.165) is 19.3 Å². The monoisotopic (exact) mass is 218 g/mol. The maximum absolute atomic E-state index is 10.9. The SMILES string of the molecule is CCCC(=O)OCCCCOC(C)=S. The van der Waals surface area contributed by atoms with Crippen LogP contribution in [-0.2, 0) is 14.3 Å². The summed E-state index contributed by atoms with van der Waals surface area (Å²) in [6, 6.07) is 0. The fraction of sp³-hybridized carbons (Fsp3) is 0.800. The van der Waals surface area contributed by atoms with Gasteiger partial charge < -0.3 is 9.47 Å². The standard InChI is InChI=1S/C10H18O3S/c1-3-6-10(11)13-8-5-4-7-12-9(2)14/h3-8H2,1-2H3. The third kappa shape index (κ3) is 9.45. The number of thiocarbonyl (C=S) groups is 1. The highest BCUT2D eigenvalue weighted by Crippen LogP contribution is 1.96. The summed E-state index contributed by atoms with van der Waals surface area (Å²) in [6.45, 7) is 4.80. The molecule has 0 heterocycles. The highest BCUT2D eigenvalue weighted by molar-refractivity contribution is 7.80. The molecule has 0 aromatic carbocycles. The molecule has 0 amide bonds. The Bertz CT molecular complexity index is 180. The molecule has 0 unspecified atom stereocenters. The highest BCUT2D eigenvalue weighted by atomic mass is 32.1. The van der Waals surface area contributed by atoms with Crippen LogP contribution in [0.4, 0.5) is 0 Å². The number of carbonyl (C=O) groups is 1. The Morgan fingerprint density at radius 1 is 1.21 bits per heavy atom. The molecule has 82 valence electrons. The highest BCUT2D eigenvalue weighted by Gasteiger charge is 1.99. The number of ether oxygens (including phenoxy) is 2. The maximum Gasteiger partial charge on any atom is 0.305 e. The second-order valence-electron chi connectivity index (χ2n) is 3.02. The Kier molecular flexibility index (Phi) is 8.53. The first-order valence-electron chi connectivity index (χ1n) is 4.95. The number of rotatable bonds is 7. The number of hydrogen-bond donors (Lipinski definition) is 0. The topological polar surface area (TPSA) is 35.5 Å². The smallest absolute Gasteiger partial charge is 0.305 e. The zero-order valence-corrected chi connectivity index (χ0v) is 9.69. The first-order valence-corrected chi connectivity index (χ1v) is 5.36. The lowest BCUT2D eigenvalue weighted by Crippen LogP contribution is -2.06. The molecule has 0 radical (unpaired) electrons. The molecular weight excluding hydrogens is 200 g/mol. The molecule has 0 aliphatic rings. The molecule has 0 rings (SSSR count). The summed E-state index contributed by atoms with van der Waals surface area (Å²) in [6.07, 6.45) is 3.05. The Morgan fingerprint density at radius 3 is 2.29 bits per heavy atom. The lowest BCUT2D eigenvalue weighted by Gasteiger charge is -2.04. The van der Waals surface area contributed by atoms with Gasteiger partial charge in [0.15, 0.2) is 5.05 Å². The molecule has 0 bridgehead atoms. The van der Waals surface area contributed by atoms with Gasteiger partial charge in [0.2, 0.25) is 0 Å². The van der Waals surface area contributed by atoms with Crippen LogP contribution in [0.3, 0.4) is 0 Å². The van der Waals surface area contributed by atoms with Crippen molar-refractivity contribution < 1.29 is 14.3 Å². The van der Waals surface area contributed by atoms with Crippen LogP contribution in [-0.4, -0.2) is 24.2 Å². The summed E-state index contributed by atoms with van der Waals surface area (Å²) >= 11 is 4.74. The fourth-order valence-corrected chi connectivity index (χ4v) is 0.966. The van der Waals surface area contributed by atoms with Crippen LogP contribution in [0.2, 0.25) is 0 Å². The maximum atomic E-state index is 10.9. The van der Waals surface area contributed by atoms with Crippen LogP contribution >= 0.6 is 12.2 Å². The van der Waals surface area contributed by atoms with E-state index in [2.05, 4.69) is 0 Å². The zero-order chi connectivity index (χ0) is 10.8. The Hall–Kier alpha value is -0.640. The molecule has 4 heteroatoms. The Labute approximate surface area is 90.8 Å². The van der Waals surface area contributed by atoms with Gasteiger partial charge in [-0.25, -0.2) is 0 Å². The molecule has 0 aliphatic carbocycles. The van der Waals surface area contributed by atoms with Crippen molar-refractivity contribution in [1.29, 1.82) is 0 Å². The third-order valence-electron chi connectivity index (χ3n) is 1.56. The van der Waals surface area contributed by atoms with Crippen molar-refractivity contribution in [3.8, 4) is 0 Å². The Morgan fingerprint density at radius 2 is 1.79 bits per heavy atom. The second kappa shape index (κ2) is 8.94. The van der Waals surface area contributed by atoms with Crippen molar-refractivity contribution >= 4 is 23.2 Å². The third-order valence-corrected chi connectivity index (χ3v) is 1.68. The minimum atomic E-state index is -0.112. The van der Waals surface area contributed by atoms with Crippen LogP contribution in [0.5, 0.6) is 0 Å². The average Bonchev–Trinajstić information content (AvgIpc) is 2.11. The normalized spacial score (nSPS) is 9.57. The van der Waals surface area contributed by atoms with Crippen LogP contribution in [0.15, 0.2) is 0 Å². The van der Waals surface area contributed by atoms with E-state index in [4.69, 9.17) is 21.7 Å². The molecule has 0 saturated carbocycles. The number of esters is 1. The van der Waals surface area contributed by atoms with Gasteiger partial charge in [-0.05, 0) is 31.5 Å². The van der Waals surface area contributed by atoms with Gasteiger partial charge >= 0.3 is 5.97 Å². The van der Waals surface area contributed by atoms with Crippen molar-refractivity contribution in [1.82, 2.24) is 0 Å². The van der Waals surface area contributed by atoms with E-state index in [0.29, 0.717) is 24.7 Å². The van der Waals surface area contributed by atoms with E-state index in [1.165, 1.54) is 0 Å². The molecule has 0 fully saturated rings. The van der Waals surface area contributed by atoms with Crippen LogP contribution in [0, 0.1) is 0 Å². The number of carbonyl (C=O) groups excluding carboxylic acids is 1. The van der Waals surface area contributed by atoms with Gasteiger partial charge in [-0.15, -0.1) is 0 Å². The van der Waals surface area contributed by atoms with Gasteiger partial charge in [-0.1, -0.05) is 6.92 Å².